The van der Waals surface area contributed by atoms with Crippen LogP contribution in [0.5, 0.6) is 5.75 Å². The van der Waals surface area contributed by atoms with Crippen LogP contribution in [-0.4, -0.2) is 11.7 Å². The van der Waals surface area contributed by atoms with E-state index in [4.69, 9.17) is 32.5 Å². The molecular weight excluding hydrogens is 311 g/mol. The molecule has 1 aromatic heterocycles. The summed E-state index contributed by atoms with van der Waals surface area (Å²) in [5.74, 6) is 1.86. The summed E-state index contributed by atoms with van der Waals surface area (Å²) in [6.45, 7) is 6.23. The largest absolute Gasteiger partial charge is 0.485 e. The smallest absolute Gasteiger partial charge is 0.174 e. The number of hydrogen-bond acceptors (Lipinski definition) is 4. The van der Waals surface area contributed by atoms with E-state index in [9.17, 15) is 0 Å². The predicted molar refractivity (Wildman–Crippen MR) is 83.8 cm³/mol. The molecule has 4 nitrogen and oxygen atoms in total. The molecule has 2 aromatic rings. The molecule has 0 spiro atoms. The van der Waals surface area contributed by atoms with Crippen molar-refractivity contribution in [2.75, 3.05) is 6.54 Å². The quantitative estimate of drug-likeness (QED) is 0.822. The van der Waals surface area contributed by atoms with Gasteiger partial charge in [-0.1, -0.05) is 42.2 Å². The zero-order chi connectivity index (χ0) is 15.2. The topological polar surface area (TPSA) is 47.3 Å². The number of nitrogens with zero attached hydrogens (tertiary/aromatic N) is 1. The molecule has 0 bridgehead atoms. The first kappa shape index (κ1) is 16.1. The Hall–Kier alpha value is -1.23. The Morgan fingerprint density at radius 1 is 1.19 bits per heavy atom. The lowest BCUT2D eigenvalue weighted by Gasteiger charge is -2.04. The molecule has 0 fully saturated rings. The standard InChI is InChI=1S/C15H18Cl2N2O2/c1-10(2)7-18-8-13-6-15(21-19-13)9-20-14-4-11(16)3-12(17)5-14/h3-6,10,18H,7-9H2,1-2H3. The zero-order valence-corrected chi connectivity index (χ0v) is 13.5. The normalized spacial score (nSPS) is 11.1. The van der Waals surface area contributed by atoms with Crippen LogP contribution in [-0.2, 0) is 13.2 Å². The van der Waals surface area contributed by atoms with Crippen LogP contribution in [0.2, 0.25) is 10.0 Å². The maximum absolute atomic E-state index is 5.91. The molecule has 0 saturated heterocycles. The Morgan fingerprint density at radius 2 is 1.90 bits per heavy atom. The number of ether oxygens (including phenoxy) is 1. The summed E-state index contributed by atoms with van der Waals surface area (Å²) in [6, 6.07) is 6.94. The van der Waals surface area contributed by atoms with Gasteiger partial charge in [0.25, 0.3) is 0 Å². The van der Waals surface area contributed by atoms with E-state index in [-0.39, 0.29) is 6.61 Å². The number of halogens is 2. The highest BCUT2D eigenvalue weighted by atomic mass is 35.5. The van der Waals surface area contributed by atoms with Crippen LogP contribution in [0.3, 0.4) is 0 Å². The molecule has 0 aliphatic heterocycles. The molecule has 1 aromatic carbocycles. The summed E-state index contributed by atoms with van der Waals surface area (Å²) in [5, 5.41) is 8.37. The second-order valence-corrected chi connectivity index (χ2v) is 6.08. The Bertz CT molecular complexity index is 565. The molecule has 0 atom stereocenters. The first-order chi connectivity index (χ1) is 10.0. The van der Waals surface area contributed by atoms with Gasteiger partial charge in [-0.2, -0.15) is 0 Å². The number of nitrogens with one attached hydrogen (secondary N) is 1. The van der Waals surface area contributed by atoms with Crippen molar-refractivity contribution in [3.63, 3.8) is 0 Å². The third-order valence-corrected chi connectivity index (χ3v) is 3.12. The Kier molecular flexibility index (Phi) is 5.91. The second-order valence-electron chi connectivity index (χ2n) is 5.20. The highest BCUT2D eigenvalue weighted by Crippen LogP contribution is 2.24. The average molecular weight is 329 g/mol. The van der Waals surface area contributed by atoms with Gasteiger partial charge < -0.3 is 14.6 Å². The molecule has 0 saturated carbocycles. The van der Waals surface area contributed by atoms with Crippen molar-refractivity contribution in [3.8, 4) is 5.75 Å². The number of rotatable bonds is 7. The van der Waals surface area contributed by atoms with Gasteiger partial charge in [0.1, 0.15) is 12.4 Å². The molecule has 2 rings (SSSR count). The number of aromatic nitrogens is 1. The Balaban J connectivity index is 1.85. The first-order valence-corrected chi connectivity index (χ1v) is 7.52. The van der Waals surface area contributed by atoms with Crippen molar-refractivity contribution in [1.82, 2.24) is 10.5 Å². The average Bonchev–Trinajstić information content (AvgIpc) is 2.83. The van der Waals surface area contributed by atoms with Gasteiger partial charge in [0.15, 0.2) is 5.76 Å². The second kappa shape index (κ2) is 7.69. The molecule has 6 heteroatoms. The monoisotopic (exact) mass is 328 g/mol. The lowest BCUT2D eigenvalue weighted by Crippen LogP contribution is -2.19. The number of hydrogen-bond donors (Lipinski definition) is 1. The lowest BCUT2D eigenvalue weighted by atomic mass is 10.2. The minimum Gasteiger partial charge on any atom is -0.485 e. The highest BCUT2D eigenvalue weighted by Gasteiger charge is 2.06. The molecule has 0 amide bonds. The summed E-state index contributed by atoms with van der Waals surface area (Å²) < 4.78 is 10.8. The molecular formula is C15H18Cl2N2O2. The third-order valence-electron chi connectivity index (χ3n) is 2.68. The van der Waals surface area contributed by atoms with Crippen LogP contribution >= 0.6 is 23.2 Å². The van der Waals surface area contributed by atoms with Gasteiger partial charge in [0.05, 0.1) is 5.69 Å². The predicted octanol–water partition coefficient (Wildman–Crippen LogP) is 4.31. The summed E-state index contributed by atoms with van der Waals surface area (Å²) in [4.78, 5) is 0. The van der Waals surface area contributed by atoms with Gasteiger partial charge in [-0.05, 0) is 30.7 Å². The minimum atomic E-state index is 0.286. The summed E-state index contributed by atoms with van der Waals surface area (Å²) in [7, 11) is 0. The maximum Gasteiger partial charge on any atom is 0.174 e. The summed E-state index contributed by atoms with van der Waals surface area (Å²) in [5.41, 5.74) is 0.860. The van der Waals surface area contributed by atoms with Gasteiger partial charge in [0.2, 0.25) is 0 Å². The van der Waals surface area contributed by atoms with Crippen LogP contribution in [0.15, 0.2) is 28.8 Å². The molecule has 21 heavy (non-hydrogen) atoms. The van der Waals surface area contributed by atoms with Crippen molar-refractivity contribution in [1.29, 1.82) is 0 Å². The van der Waals surface area contributed by atoms with Crippen LogP contribution in [0.4, 0.5) is 0 Å². The van der Waals surface area contributed by atoms with Gasteiger partial charge in [-0.25, -0.2) is 0 Å². The van der Waals surface area contributed by atoms with Gasteiger partial charge >= 0.3 is 0 Å². The first-order valence-electron chi connectivity index (χ1n) is 6.77. The third kappa shape index (κ3) is 5.58. The molecule has 0 radical (unpaired) electrons. The molecule has 1 N–H and O–H groups in total. The van der Waals surface area contributed by atoms with E-state index in [1.165, 1.54) is 0 Å². The Morgan fingerprint density at radius 3 is 2.57 bits per heavy atom. The number of benzene rings is 1. The molecule has 0 aliphatic carbocycles. The van der Waals surface area contributed by atoms with Crippen molar-refractivity contribution < 1.29 is 9.26 Å². The van der Waals surface area contributed by atoms with Crippen LogP contribution in [0.1, 0.15) is 25.3 Å². The maximum atomic E-state index is 5.91. The van der Waals surface area contributed by atoms with E-state index >= 15 is 0 Å². The van der Waals surface area contributed by atoms with Gasteiger partial charge in [0, 0.05) is 22.7 Å². The van der Waals surface area contributed by atoms with Crippen molar-refractivity contribution in [3.05, 3.63) is 45.8 Å². The van der Waals surface area contributed by atoms with Crippen molar-refractivity contribution in [2.45, 2.75) is 27.0 Å². The van der Waals surface area contributed by atoms with Crippen LogP contribution in [0, 0.1) is 5.92 Å². The van der Waals surface area contributed by atoms with Crippen LogP contribution in [0.25, 0.3) is 0 Å². The van der Waals surface area contributed by atoms with Crippen molar-refractivity contribution >= 4 is 23.2 Å². The fourth-order valence-electron chi connectivity index (χ4n) is 1.76. The lowest BCUT2D eigenvalue weighted by molar-refractivity contribution is 0.248. The van der Waals surface area contributed by atoms with Crippen LogP contribution < -0.4 is 10.1 Å². The van der Waals surface area contributed by atoms with Crippen molar-refractivity contribution in [2.24, 2.45) is 5.92 Å². The Labute approximate surface area is 134 Å². The van der Waals surface area contributed by atoms with E-state index < -0.39 is 0 Å². The summed E-state index contributed by atoms with van der Waals surface area (Å²) >= 11 is 11.8. The van der Waals surface area contributed by atoms with E-state index in [1.54, 1.807) is 18.2 Å². The zero-order valence-electron chi connectivity index (χ0n) is 12.0. The van der Waals surface area contributed by atoms with E-state index in [1.807, 2.05) is 6.07 Å². The SMILES string of the molecule is CC(C)CNCc1cc(COc2cc(Cl)cc(Cl)c2)on1. The fourth-order valence-corrected chi connectivity index (χ4v) is 2.27. The molecule has 0 unspecified atom stereocenters. The molecule has 114 valence electrons. The minimum absolute atomic E-state index is 0.286. The van der Waals surface area contributed by atoms with E-state index in [0.29, 0.717) is 34.0 Å². The molecule has 1 heterocycles. The van der Waals surface area contributed by atoms with Gasteiger partial charge in [-0.15, -0.1) is 0 Å². The summed E-state index contributed by atoms with van der Waals surface area (Å²) in [6.07, 6.45) is 0. The van der Waals surface area contributed by atoms with Gasteiger partial charge in [-0.3, -0.25) is 0 Å². The highest BCUT2D eigenvalue weighted by molar-refractivity contribution is 6.34. The van der Waals surface area contributed by atoms with E-state index in [0.717, 1.165) is 12.2 Å². The molecule has 0 aliphatic rings. The van der Waals surface area contributed by atoms with E-state index in [2.05, 4.69) is 24.3 Å². The fraction of sp³-hybridized carbons (Fsp3) is 0.400.